The Bertz CT molecular complexity index is 973. The van der Waals surface area contributed by atoms with Crippen LogP contribution in [-0.4, -0.2) is 21.7 Å². The maximum atomic E-state index is 12.7. The molecule has 1 aromatic heterocycles. The zero-order valence-electron chi connectivity index (χ0n) is 17.0. The third-order valence-corrected chi connectivity index (χ3v) is 7.80. The number of aromatic nitrogens is 2. The number of fused-ring (bicyclic) bond motifs is 2. The highest BCUT2D eigenvalue weighted by Gasteiger charge is 2.56. The molecule has 0 aliphatic heterocycles. The molecule has 2 aromatic rings. The molecular weight excluding hydrogens is 432 g/mol. The van der Waals surface area contributed by atoms with Gasteiger partial charge in [0.1, 0.15) is 11.0 Å². The van der Waals surface area contributed by atoms with E-state index in [0.717, 1.165) is 12.3 Å². The molecule has 3 aliphatic rings. The summed E-state index contributed by atoms with van der Waals surface area (Å²) in [6.45, 7) is 6.91. The van der Waals surface area contributed by atoms with Gasteiger partial charge in [0.2, 0.25) is 5.91 Å². The fourth-order valence-corrected chi connectivity index (χ4v) is 5.50. The summed E-state index contributed by atoms with van der Waals surface area (Å²) in [5.41, 5.74) is 1.50. The van der Waals surface area contributed by atoms with E-state index in [1.807, 2.05) is 18.2 Å². The Kier molecular flexibility index (Phi) is 5.27. The third-order valence-electron chi connectivity index (χ3n) is 7.03. The average Bonchev–Trinajstić information content (AvgIpc) is 2.69. The Morgan fingerprint density at radius 1 is 1.28 bits per heavy atom. The van der Waals surface area contributed by atoms with Crippen LogP contribution >= 0.6 is 15.9 Å². The minimum absolute atomic E-state index is 0.134. The molecular formula is C22H27BrN4O2. The van der Waals surface area contributed by atoms with E-state index < -0.39 is 0 Å². The van der Waals surface area contributed by atoms with Gasteiger partial charge in [-0.05, 0) is 64.1 Å². The van der Waals surface area contributed by atoms with Gasteiger partial charge in [-0.1, -0.05) is 39.0 Å². The van der Waals surface area contributed by atoms with E-state index in [2.05, 4.69) is 52.4 Å². The summed E-state index contributed by atoms with van der Waals surface area (Å²) >= 11 is 3.42. The normalized spacial score (nSPS) is 27.0. The van der Waals surface area contributed by atoms with Gasteiger partial charge in [0.05, 0.1) is 11.9 Å². The molecule has 4 atom stereocenters. The molecule has 3 saturated carbocycles. The lowest BCUT2D eigenvalue weighted by molar-refractivity contribution is -0.117. The maximum Gasteiger partial charge on any atom is 0.283 e. The topological polar surface area (TPSA) is 76.0 Å². The summed E-state index contributed by atoms with van der Waals surface area (Å²) in [5, 5.41) is 10.5. The number of carbonyl (C=O) groups is 1. The quantitative estimate of drug-likeness (QED) is 0.705. The highest BCUT2D eigenvalue weighted by Crippen LogP contribution is 2.61. The predicted octanol–water partition coefficient (Wildman–Crippen LogP) is 4.13. The van der Waals surface area contributed by atoms with Gasteiger partial charge in [0, 0.05) is 11.7 Å². The van der Waals surface area contributed by atoms with Crippen molar-refractivity contribution >= 4 is 33.2 Å². The molecule has 6 nitrogen and oxygen atoms in total. The molecule has 0 spiro atoms. The van der Waals surface area contributed by atoms with E-state index in [0.29, 0.717) is 39.1 Å². The van der Waals surface area contributed by atoms with Gasteiger partial charge in [-0.15, -0.1) is 0 Å². The minimum atomic E-state index is -0.313. The highest BCUT2D eigenvalue weighted by atomic mass is 79.9. The van der Waals surface area contributed by atoms with Crippen molar-refractivity contribution in [3.8, 4) is 0 Å². The minimum Gasteiger partial charge on any atom is -0.380 e. The fraction of sp³-hybridized carbons (Fsp3) is 0.500. The van der Waals surface area contributed by atoms with Gasteiger partial charge in [0.25, 0.3) is 5.56 Å². The molecule has 0 unspecified atom stereocenters. The largest absolute Gasteiger partial charge is 0.380 e. The van der Waals surface area contributed by atoms with Crippen molar-refractivity contribution in [1.82, 2.24) is 9.78 Å². The van der Waals surface area contributed by atoms with Gasteiger partial charge in [0.15, 0.2) is 0 Å². The first-order valence-electron chi connectivity index (χ1n) is 10.1. The molecule has 1 heterocycles. The van der Waals surface area contributed by atoms with Crippen molar-refractivity contribution in [3.05, 3.63) is 51.4 Å². The summed E-state index contributed by atoms with van der Waals surface area (Å²) in [7, 11) is 0. The first-order valence-corrected chi connectivity index (χ1v) is 10.9. The lowest BCUT2D eigenvalue weighted by atomic mass is 9.45. The van der Waals surface area contributed by atoms with Crippen LogP contribution in [0.3, 0.4) is 0 Å². The van der Waals surface area contributed by atoms with Crippen molar-refractivity contribution in [2.24, 2.45) is 23.2 Å². The van der Waals surface area contributed by atoms with Crippen molar-refractivity contribution in [2.45, 2.75) is 46.2 Å². The molecule has 2 N–H and O–H groups in total. The van der Waals surface area contributed by atoms with Crippen LogP contribution in [0.25, 0.3) is 0 Å². The first-order chi connectivity index (χ1) is 13.8. The van der Waals surface area contributed by atoms with E-state index in [9.17, 15) is 9.59 Å². The predicted molar refractivity (Wildman–Crippen MR) is 118 cm³/mol. The Labute approximate surface area is 179 Å². The molecule has 0 saturated heterocycles. The van der Waals surface area contributed by atoms with Crippen LogP contribution < -0.4 is 16.2 Å². The number of hydrogen-bond donors (Lipinski definition) is 2. The number of hydrogen-bond acceptors (Lipinski definition) is 4. The van der Waals surface area contributed by atoms with Crippen LogP contribution in [0.5, 0.6) is 0 Å². The summed E-state index contributed by atoms with van der Waals surface area (Å²) < 4.78 is 1.60. The molecule has 3 aliphatic carbocycles. The van der Waals surface area contributed by atoms with Crippen LogP contribution in [0.4, 0.5) is 11.4 Å². The van der Waals surface area contributed by atoms with Gasteiger partial charge >= 0.3 is 0 Å². The molecule has 3 fully saturated rings. The van der Waals surface area contributed by atoms with Crippen LogP contribution in [0.15, 0.2) is 45.8 Å². The van der Waals surface area contributed by atoms with Crippen molar-refractivity contribution in [1.29, 1.82) is 0 Å². The number of nitrogens with zero attached hydrogens (tertiary/aromatic N) is 2. The molecule has 0 radical (unpaired) electrons. The third kappa shape index (κ3) is 3.72. The van der Waals surface area contributed by atoms with Gasteiger partial charge in [-0.25, -0.2) is 4.68 Å². The van der Waals surface area contributed by atoms with Crippen LogP contribution in [0.1, 0.15) is 33.6 Å². The Morgan fingerprint density at radius 3 is 2.66 bits per heavy atom. The Balaban J connectivity index is 1.44. The molecule has 1 amide bonds. The van der Waals surface area contributed by atoms with E-state index in [1.54, 1.807) is 18.3 Å². The standard InChI is InChI=1S/C22H27BrN4O2/c1-13-16-9-14(22(16,2)3)10-17(13)26-18-11-24-27(21(29)20(18)23)12-19(28)25-15-7-5-4-6-8-15/h4-8,11,13-14,16-17,26H,9-10,12H2,1-3H3,(H,25,28)/t13-,14+,16-,17-/m1/s1. The lowest BCUT2D eigenvalue weighted by Crippen LogP contribution is -2.58. The number of anilines is 2. The van der Waals surface area contributed by atoms with Crippen LogP contribution in [0.2, 0.25) is 0 Å². The van der Waals surface area contributed by atoms with Crippen molar-refractivity contribution < 1.29 is 4.79 Å². The number of benzene rings is 1. The van der Waals surface area contributed by atoms with Crippen molar-refractivity contribution in [2.75, 3.05) is 10.6 Å². The second-order valence-corrected chi connectivity index (χ2v) is 9.75. The zero-order valence-corrected chi connectivity index (χ0v) is 18.6. The number of rotatable bonds is 5. The first kappa shape index (κ1) is 20.1. The molecule has 2 bridgehead atoms. The number of carbonyl (C=O) groups excluding carboxylic acids is 1. The van der Waals surface area contributed by atoms with E-state index in [-0.39, 0.29) is 18.0 Å². The van der Waals surface area contributed by atoms with Gasteiger partial charge < -0.3 is 10.6 Å². The second kappa shape index (κ2) is 7.59. The van der Waals surface area contributed by atoms with Crippen LogP contribution in [-0.2, 0) is 11.3 Å². The SMILES string of the molecule is C[C@@H]1[C@H]2C[C@@H](C[C@H]1Nc1cnn(CC(=O)Nc3ccccc3)c(=O)c1Br)C2(C)C. The number of halogens is 1. The molecule has 29 heavy (non-hydrogen) atoms. The molecule has 154 valence electrons. The fourth-order valence-electron chi connectivity index (χ4n) is 5.08. The molecule has 1 aromatic carbocycles. The van der Waals surface area contributed by atoms with E-state index in [4.69, 9.17) is 0 Å². The van der Waals surface area contributed by atoms with Crippen molar-refractivity contribution in [3.63, 3.8) is 0 Å². The van der Waals surface area contributed by atoms with Gasteiger partial charge in [-0.2, -0.15) is 5.10 Å². The van der Waals surface area contributed by atoms with E-state index in [1.165, 1.54) is 11.1 Å². The second-order valence-electron chi connectivity index (χ2n) is 8.96. The smallest absolute Gasteiger partial charge is 0.283 e. The number of amides is 1. The maximum absolute atomic E-state index is 12.7. The summed E-state index contributed by atoms with van der Waals surface area (Å²) in [5.74, 6) is 1.70. The molecule has 7 heteroatoms. The summed E-state index contributed by atoms with van der Waals surface area (Å²) in [4.78, 5) is 25.0. The number of nitrogens with one attached hydrogen (secondary N) is 2. The van der Waals surface area contributed by atoms with E-state index >= 15 is 0 Å². The Morgan fingerprint density at radius 2 is 2.00 bits per heavy atom. The zero-order chi connectivity index (χ0) is 20.8. The number of para-hydroxylation sites is 1. The average molecular weight is 459 g/mol. The van der Waals surface area contributed by atoms with Crippen LogP contribution in [0, 0.1) is 23.2 Å². The van der Waals surface area contributed by atoms with Gasteiger partial charge in [-0.3, -0.25) is 9.59 Å². The summed E-state index contributed by atoms with van der Waals surface area (Å²) in [6.07, 6.45) is 4.06. The monoisotopic (exact) mass is 458 g/mol. The Hall–Kier alpha value is -2.15. The lowest BCUT2D eigenvalue weighted by Gasteiger charge is -2.62. The molecule has 5 rings (SSSR count). The highest BCUT2D eigenvalue weighted by molar-refractivity contribution is 9.10. The summed E-state index contributed by atoms with van der Waals surface area (Å²) in [6, 6.07) is 9.49.